The van der Waals surface area contributed by atoms with Gasteiger partial charge in [-0.05, 0) is 68.2 Å². The predicted molar refractivity (Wildman–Crippen MR) is 158 cm³/mol. The Balaban J connectivity index is 2.40. The van der Waals surface area contributed by atoms with Crippen LogP contribution in [0.25, 0.3) is 21.9 Å². The molecule has 3 rings (SSSR count). The van der Waals surface area contributed by atoms with Gasteiger partial charge in [0.2, 0.25) is 5.43 Å². The van der Waals surface area contributed by atoms with E-state index in [0.717, 1.165) is 11.1 Å². The van der Waals surface area contributed by atoms with Crippen LogP contribution < -0.4 is 14.9 Å². The molecule has 1 heterocycles. The van der Waals surface area contributed by atoms with Crippen molar-refractivity contribution in [2.24, 2.45) is 0 Å². The highest BCUT2D eigenvalue weighted by Crippen LogP contribution is 2.43. The molecule has 0 amide bonds. The van der Waals surface area contributed by atoms with Crippen LogP contribution in [0.1, 0.15) is 72.9 Å². The van der Waals surface area contributed by atoms with E-state index in [2.05, 4.69) is 29.8 Å². The Kier molecular flexibility index (Phi) is 8.61. The first-order valence-electron chi connectivity index (χ1n) is 12.7. The number of aromatic hydroxyl groups is 2. The van der Waals surface area contributed by atoms with E-state index in [1.165, 1.54) is 6.07 Å². The van der Waals surface area contributed by atoms with Crippen molar-refractivity contribution in [2.45, 2.75) is 84.6 Å². The van der Waals surface area contributed by atoms with Gasteiger partial charge in [-0.2, -0.15) is 0 Å². The summed E-state index contributed by atoms with van der Waals surface area (Å²) in [6.07, 6.45) is 5.28. The highest BCUT2D eigenvalue weighted by Gasteiger charge is 2.31. The molecule has 2 aromatic carbocycles. The average Bonchev–Trinajstić information content (AvgIpc) is 2.74. The second-order valence-electron chi connectivity index (χ2n) is 11.5. The maximum absolute atomic E-state index is 14.0. The molecule has 0 aliphatic carbocycles. The number of allylic oxidation sites excluding steroid dienone is 4. The molecule has 0 bridgehead atoms. The van der Waals surface area contributed by atoms with Crippen LogP contribution in [0.15, 0.2) is 44.6 Å². The molecule has 0 radical (unpaired) electrons. The maximum Gasteiger partial charge on any atom is 0.204 e. The molecule has 7 heteroatoms. The van der Waals surface area contributed by atoms with E-state index in [4.69, 9.17) is 13.9 Å². The van der Waals surface area contributed by atoms with Crippen molar-refractivity contribution < 1.29 is 24.1 Å². The number of methoxy groups -OCH3 is 1. The molecule has 0 fully saturated rings. The lowest BCUT2D eigenvalue weighted by Gasteiger charge is -2.33. The Hall–Kier alpha value is -2.93. The van der Waals surface area contributed by atoms with Crippen molar-refractivity contribution in [2.75, 3.05) is 7.11 Å². The molecule has 0 atom stereocenters. The highest BCUT2D eigenvalue weighted by molar-refractivity contribution is 9.10. The number of rotatable bonds is 9. The van der Waals surface area contributed by atoms with Gasteiger partial charge < -0.3 is 24.1 Å². The quantitative estimate of drug-likeness (QED) is 0.149. The largest absolute Gasteiger partial charge is 0.507 e. The van der Waals surface area contributed by atoms with Crippen LogP contribution in [0.4, 0.5) is 0 Å². The first-order chi connectivity index (χ1) is 17.5. The smallest absolute Gasteiger partial charge is 0.204 e. The minimum Gasteiger partial charge on any atom is -0.507 e. The SMILES string of the molecule is COc1c(OC(C)(C)CC(C)(C)Br)cc2oc3cc(O)c(CC=C(C)C)c(O)c3c(=O)c2c1CC=C(C)C. The van der Waals surface area contributed by atoms with Crippen LogP contribution in [-0.4, -0.2) is 27.2 Å². The number of benzene rings is 2. The molecule has 1 aromatic heterocycles. The predicted octanol–water partition coefficient (Wildman–Crippen LogP) is 8.10. The summed E-state index contributed by atoms with van der Waals surface area (Å²) in [7, 11) is 1.55. The number of fused-ring (bicyclic) bond motifs is 2. The van der Waals surface area contributed by atoms with E-state index in [9.17, 15) is 15.0 Å². The molecule has 0 aliphatic rings. The van der Waals surface area contributed by atoms with Crippen LogP contribution in [-0.2, 0) is 12.8 Å². The summed E-state index contributed by atoms with van der Waals surface area (Å²) < 4.78 is 18.3. The zero-order valence-electron chi connectivity index (χ0n) is 23.8. The molecule has 38 heavy (non-hydrogen) atoms. The number of halogens is 1. The monoisotopic (exact) mass is 586 g/mol. The first-order valence-corrected chi connectivity index (χ1v) is 13.5. The number of hydrogen-bond acceptors (Lipinski definition) is 6. The van der Waals surface area contributed by atoms with Gasteiger partial charge in [0.1, 0.15) is 33.7 Å². The summed E-state index contributed by atoms with van der Waals surface area (Å²) >= 11 is 3.70. The molecule has 2 N–H and O–H groups in total. The minimum atomic E-state index is -0.574. The van der Waals surface area contributed by atoms with E-state index in [0.29, 0.717) is 40.9 Å². The topological polar surface area (TPSA) is 89.1 Å². The second kappa shape index (κ2) is 11.0. The number of phenols is 2. The molecule has 3 aromatic rings. The zero-order chi connectivity index (χ0) is 28.6. The number of ether oxygens (including phenoxy) is 2. The van der Waals surface area contributed by atoms with E-state index in [1.807, 2.05) is 53.7 Å². The summed E-state index contributed by atoms with van der Waals surface area (Å²) in [4.78, 5) is 14.0. The van der Waals surface area contributed by atoms with Crippen molar-refractivity contribution in [3.8, 4) is 23.0 Å². The van der Waals surface area contributed by atoms with E-state index in [1.54, 1.807) is 13.2 Å². The fraction of sp³-hybridized carbons (Fsp3) is 0.452. The summed E-state index contributed by atoms with van der Waals surface area (Å²) in [6, 6.07) is 3.05. The van der Waals surface area contributed by atoms with Gasteiger partial charge in [0.05, 0.1) is 12.5 Å². The maximum atomic E-state index is 14.0. The molecule has 0 saturated carbocycles. The van der Waals surface area contributed by atoms with Crippen molar-refractivity contribution in [1.29, 1.82) is 0 Å². The van der Waals surface area contributed by atoms with Gasteiger partial charge in [-0.1, -0.05) is 39.2 Å². The van der Waals surface area contributed by atoms with Crippen LogP contribution in [0.3, 0.4) is 0 Å². The zero-order valence-corrected chi connectivity index (χ0v) is 25.4. The number of alkyl halides is 1. The summed E-state index contributed by atoms with van der Waals surface area (Å²) in [5.74, 6) is 0.492. The van der Waals surface area contributed by atoms with Crippen LogP contribution in [0.5, 0.6) is 23.0 Å². The van der Waals surface area contributed by atoms with Gasteiger partial charge in [0.25, 0.3) is 0 Å². The van der Waals surface area contributed by atoms with Gasteiger partial charge in [0.15, 0.2) is 11.5 Å². The van der Waals surface area contributed by atoms with Crippen LogP contribution in [0, 0.1) is 0 Å². The number of hydrogen-bond donors (Lipinski definition) is 2. The van der Waals surface area contributed by atoms with Crippen LogP contribution >= 0.6 is 15.9 Å². The van der Waals surface area contributed by atoms with E-state index < -0.39 is 5.60 Å². The Bertz CT molecular complexity index is 1480. The first kappa shape index (κ1) is 29.6. The Morgan fingerprint density at radius 2 is 1.50 bits per heavy atom. The third kappa shape index (κ3) is 6.55. The molecule has 6 nitrogen and oxygen atoms in total. The molecule has 0 unspecified atom stereocenters. The normalized spacial score (nSPS) is 12.1. The van der Waals surface area contributed by atoms with Gasteiger partial charge >= 0.3 is 0 Å². The molecule has 0 aliphatic heterocycles. The minimum absolute atomic E-state index is 0.0306. The Morgan fingerprint density at radius 1 is 0.947 bits per heavy atom. The summed E-state index contributed by atoms with van der Waals surface area (Å²) in [6.45, 7) is 16.0. The van der Waals surface area contributed by atoms with Crippen molar-refractivity contribution >= 4 is 37.9 Å². The Labute approximate surface area is 233 Å². The summed E-state index contributed by atoms with van der Waals surface area (Å²) in [5, 5.41) is 22.1. The van der Waals surface area contributed by atoms with Crippen LogP contribution in [0.2, 0.25) is 0 Å². The lowest BCUT2D eigenvalue weighted by Crippen LogP contribution is -2.35. The van der Waals surface area contributed by atoms with Crippen molar-refractivity contribution in [3.63, 3.8) is 0 Å². The van der Waals surface area contributed by atoms with Crippen molar-refractivity contribution in [3.05, 3.63) is 56.8 Å². The molecule has 0 saturated heterocycles. The number of phenolic OH excluding ortho intramolecular Hbond substituents is 2. The molecule has 206 valence electrons. The molecule has 0 spiro atoms. The second-order valence-corrected chi connectivity index (χ2v) is 13.7. The third-order valence-corrected chi connectivity index (χ3v) is 6.47. The van der Waals surface area contributed by atoms with E-state index >= 15 is 0 Å². The van der Waals surface area contributed by atoms with Gasteiger partial charge in [-0.15, -0.1) is 0 Å². The van der Waals surface area contributed by atoms with Gasteiger partial charge in [-0.3, -0.25) is 4.79 Å². The highest BCUT2D eigenvalue weighted by atomic mass is 79.9. The van der Waals surface area contributed by atoms with E-state index in [-0.39, 0.29) is 44.2 Å². The molecular weight excluding hydrogens is 548 g/mol. The molecular formula is C31H39BrO6. The fourth-order valence-corrected chi connectivity index (χ4v) is 5.54. The average molecular weight is 588 g/mol. The lowest BCUT2D eigenvalue weighted by molar-refractivity contribution is 0.0875. The van der Waals surface area contributed by atoms with Gasteiger partial charge in [-0.25, -0.2) is 0 Å². The fourth-order valence-electron chi connectivity index (χ4n) is 4.87. The van der Waals surface area contributed by atoms with Crippen molar-refractivity contribution in [1.82, 2.24) is 0 Å². The third-order valence-electron chi connectivity index (χ3n) is 6.19. The Morgan fingerprint density at radius 3 is 2.03 bits per heavy atom. The van der Waals surface area contributed by atoms with Gasteiger partial charge in [0, 0.05) is 34.0 Å². The summed E-state index contributed by atoms with van der Waals surface area (Å²) in [5.41, 5.74) is 2.43. The lowest BCUT2D eigenvalue weighted by atomic mass is 9.95. The standard InChI is InChI=1S/C31H39BrO6/c1-17(2)10-12-19-21(33)14-22-26(27(19)34)28(35)25-20(13-11-18(3)4)29(36-9)24(15-23(25)37-22)38-31(7,8)16-30(5,6)32/h10-11,14-15,33-34H,12-13,16H2,1-9H3.